The van der Waals surface area contributed by atoms with Crippen molar-refractivity contribution < 1.29 is 9.47 Å². The van der Waals surface area contributed by atoms with E-state index in [0.29, 0.717) is 18.1 Å². The Morgan fingerprint density at radius 3 is 2.68 bits per heavy atom. The van der Waals surface area contributed by atoms with Gasteiger partial charge in [0.05, 0.1) is 18.8 Å². The second kappa shape index (κ2) is 10.8. The molecule has 3 unspecified atom stereocenters. The number of halogens is 1. The molecular weight excluding hydrogens is 465 g/mol. The third-order valence-corrected chi connectivity index (χ3v) is 6.17. The van der Waals surface area contributed by atoms with Crippen molar-refractivity contribution in [2.45, 2.75) is 50.2 Å². The van der Waals surface area contributed by atoms with Gasteiger partial charge in [-0.2, -0.15) is 0 Å². The van der Waals surface area contributed by atoms with Crippen LogP contribution in [0.5, 0.6) is 0 Å². The minimum atomic E-state index is 0. The Labute approximate surface area is 186 Å². The molecule has 3 atom stereocenters. The van der Waals surface area contributed by atoms with Crippen molar-refractivity contribution in [3.8, 4) is 0 Å². The van der Waals surface area contributed by atoms with E-state index in [1.165, 1.54) is 18.4 Å². The number of rotatable bonds is 6. The standard InChI is InChI=1S/C22H33N3O2.HI/c1-23-22(24-15-18-14-21(18)17-6-3-2-4-7-17)25-11-9-19(10-12-25)27-16-20-8-5-13-26-20;/h2-4,6-7,18-21H,5,8-16H2,1H3,(H,23,24);1H. The molecule has 0 aromatic heterocycles. The van der Waals surface area contributed by atoms with Crippen LogP contribution in [0.15, 0.2) is 35.3 Å². The first-order chi connectivity index (χ1) is 13.3. The van der Waals surface area contributed by atoms with Crippen LogP contribution in [0.3, 0.4) is 0 Å². The van der Waals surface area contributed by atoms with Crippen LogP contribution in [0.4, 0.5) is 0 Å². The molecule has 6 heteroatoms. The van der Waals surface area contributed by atoms with Crippen LogP contribution >= 0.6 is 24.0 Å². The third-order valence-electron chi connectivity index (χ3n) is 6.17. The van der Waals surface area contributed by atoms with E-state index in [1.54, 1.807) is 0 Å². The summed E-state index contributed by atoms with van der Waals surface area (Å²) in [5, 5.41) is 3.61. The number of hydrogen-bond donors (Lipinski definition) is 1. The van der Waals surface area contributed by atoms with Gasteiger partial charge < -0.3 is 19.7 Å². The summed E-state index contributed by atoms with van der Waals surface area (Å²) >= 11 is 0. The smallest absolute Gasteiger partial charge is 0.193 e. The number of nitrogens with one attached hydrogen (secondary N) is 1. The van der Waals surface area contributed by atoms with E-state index in [1.807, 2.05) is 7.05 Å². The van der Waals surface area contributed by atoms with Crippen molar-refractivity contribution in [2.75, 3.05) is 39.9 Å². The molecule has 2 aliphatic heterocycles. The largest absolute Gasteiger partial charge is 0.376 e. The number of benzene rings is 1. The summed E-state index contributed by atoms with van der Waals surface area (Å²) in [7, 11) is 1.89. The van der Waals surface area contributed by atoms with Crippen LogP contribution in [-0.2, 0) is 9.47 Å². The average molecular weight is 499 g/mol. The highest BCUT2D eigenvalue weighted by atomic mass is 127. The van der Waals surface area contributed by atoms with Crippen molar-refractivity contribution >= 4 is 29.9 Å². The lowest BCUT2D eigenvalue weighted by molar-refractivity contribution is -0.0367. The first kappa shape index (κ1) is 21.8. The van der Waals surface area contributed by atoms with Gasteiger partial charge >= 0.3 is 0 Å². The van der Waals surface area contributed by atoms with E-state index in [0.717, 1.165) is 64.0 Å². The third kappa shape index (κ3) is 5.83. The van der Waals surface area contributed by atoms with Gasteiger partial charge in [-0.3, -0.25) is 4.99 Å². The predicted molar refractivity (Wildman–Crippen MR) is 124 cm³/mol. The molecule has 4 rings (SSSR count). The molecule has 5 nitrogen and oxygen atoms in total. The molecule has 2 saturated heterocycles. The number of guanidine groups is 1. The minimum Gasteiger partial charge on any atom is -0.376 e. The Morgan fingerprint density at radius 1 is 1.21 bits per heavy atom. The Balaban J connectivity index is 0.00000225. The summed E-state index contributed by atoms with van der Waals surface area (Å²) in [6, 6.07) is 10.9. The Kier molecular flexibility index (Phi) is 8.41. The molecule has 1 aliphatic carbocycles. The van der Waals surface area contributed by atoms with Crippen molar-refractivity contribution in [1.29, 1.82) is 0 Å². The van der Waals surface area contributed by atoms with Crippen molar-refractivity contribution in [3.63, 3.8) is 0 Å². The molecule has 1 aromatic carbocycles. The van der Waals surface area contributed by atoms with E-state index in [4.69, 9.17) is 9.47 Å². The summed E-state index contributed by atoms with van der Waals surface area (Å²) in [5.41, 5.74) is 1.48. The SMILES string of the molecule is CN=C(NCC1CC1c1ccccc1)N1CCC(OCC2CCCO2)CC1.I. The molecule has 28 heavy (non-hydrogen) atoms. The van der Waals surface area contributed by atoms with Crippen LogP contribution in [-0.4, -0.2) is 63.0 Å². The fourth-order valence-corrected chi connectivity index (χ4v) is 4.39. The first-order valence-electron chi connectivity index (χ1n) is 10.6. The fraction of sp³-hybridized carbons (Fsp3) is 0.682. The first-order valence-corrected chi connectivity index (χ1v) is 10.6. The van der Waals surface area contributed by atoms with Gasteiger partial charge in [0.1, 0.15) is 0 Å². The molecule has 2 heterocycles. The second-order valence-corrected chi connectivity index (χ2v) is 8.10. The van der Waals surface area contributed by atoms with Gasteiger partial charge in [0.15, 0.2) is 5.96 Å². The van der Waals surface area contributed by atoms with E-state index >= 15 is 0 Å². The van der Waals surface area contributed by atoms with Crippen LogP contribution in [0.1, 0.15) is 43.6 Å². The lowest BCUT2D eigenvalue weighted by atomic mass is 10.1. The van der Waals surface area contributed by atoms with Crippen molar-refractivity contribution in [3.05, 3.63) is 35.9 Å². The molecule has 1 N–H and O–H groups in total. The fourth-order valence-electron chi connectivity index (χ4n) is 4.39. The van der Waals surface area contributed by atoms with Gasteiger partial charge in [-0.15, -0.1) is 24.0 Å². The lowest BCUT2D eigenvalue weighted by Crippen LogP contribution is -2.47. The highest BCUT2D eigenvalue weighted by Crippen LogP contribution is 2.46. The van der Waals surface area contributed by atoms with Gasteiger partial charge in [0, 0.05) is 33.3 Å². The lowest BCUT2D eigenvalue weighted by Gasteiger charge is -2.34. The number of ether oxygens (including phenoxy) is 2. The molecule has 3 aliphatic rings. The van der Waals surface area contributed by atoms with Crippen LogP contribution in [0, 0.1) is 5.92 Å². The van der Waals surface area contributed by atoms with E-state index in [2.05, 4.69) is 45.5 Å². The maximum atomic E-state index is 6.09. The molecule has 0 bridgehead atoms. The zero-order chi connectivity index (χ0) is 18.5. The van der Waals surface area contributed by atoms with Crippen LogP contribution in [0.2, 0.25) is 0 Å². The highest BCUT2D eigenvalue weighted by molar-refractivity contribution is 14.0. The van der Waals surface area contributed by atoms with Gasteiger partial charge in [-0.05, 0) is 49.5 Å². The Bertz CT molecular complexity index is 613. The molecule has 1 aromatic rings. The number of nitrogens with zero attached hydrogens (tertiary/aromatic N) is 2. The quantitative estimate of drug-likeness (QED) is 0.369. The molecule has 0 amide bonds. The normalized spacial score (nSPS) is 28.1. The zero-order valence-electron chi connectivity index (χ0n) is 16.9. The number of aliphatic imine (C=N–C) groups is 1. The topological polar surface area (TPSA) is 46.1 Å². The number of hydrogen-bond acceptors (Lipinski definition) is 3. The molecular formula is C22H34IN3O2. The maximum absolute atomic E-state index is 6.09. The molecule has 3 fully saturated rings. The maximum Gasteiger partial charge on any atom is 0.193 e. The Morgan fingerprint density at radius 2 is 2.00 bits per heavy atom. The minimum absolute atomic E-state index is 0. The van der Waals surface area contributed by atoms with E-state index in [-0.39, 0.29) is 24.0 Å². The summed E-state index contributed by atoms with van der Waals surface area (Å²) in [5.74, 6) is 2.50. The average Bonchev–Trinajstić information content (AvgIpc) is 3.31. The second-order valence-electron chi connectivity index (χ2n) is 8.10. The Hall–Kier alpha value is -0.860. The van der Waals surface area contributed by atoms with Gasteiger partial charge in [-0.1, -0.05) is 30.3 Å². The molecule has 0 radical (unpaired) electrons. The molecule has 1 saturated carbocycles. The summed E-state index contributed by atoms with van der Waals surface area (Å²) < 4.78 is 11.7. The van der Waals surface area contributed by atoms with Crippen molar-refractivity contribution in [2.24, 2.45) is 10.9 Å². The van der Waals surface area contributed by atoms with E-state index in [9.17, 15) is 0 Å². The van der Waals surface area contributed by atoms with Gasteiger partial charge in [0.2, 0.25) is 0 Å². The van der Waals surface area contributed by atoms with Crippen LogP contribution in [0.25, 0.3) is 0 Å². The van der Waals surface area contributed by atoms with Crippen LogP contribution < -0.4 is 5.32 Å². The summed E-state index contributed by atoms with van der Waals surface area (Å²) in [6.07, 6.45) is 6.46. The van der Waals surface area contributed by atoms with Gasteiger partial charge in [-0.25, -0.2) is 0 Å². The number of piperidine rings is 1. The summed E-state index contributed by atoms with van der Waals surface area (Å²) in [4.78, 5) is 6.89. The van der Waals surface area contributed by atoms with E-state index < -0.39 is 0 Å². The predicted octanol–water partition coefficient (Wildman–Crippen LogP) is 3.64. The van der Waals surface area contributed by atoms with Crippen molar-refractivity contribution in [1.82, 2.24) is 10.2 Å². The molecule has 0 spiro atoms. The summed E-state index contributed by atoms with van der Waals surface area (Å²) in [6.45, 7) is 4.72. The highest BCUT2D eigenvalue weighted by Gasteiger charge is 2.38. The zero-order valence-corrected chi connectivity index (χ0v) is 19.2. The monoisotopic (exact) mass is 499 g/mol. The van der Waals surface area contributed by atoms with Gasteiger partial charge in [0.25, 0.3) is 0 Å². The molecule has 156 valence electrons. The number of likely N-dealkylation sites (tertiary alicyclic amines) is 1.